The molecule has 0 amide bonds. The molecule has 17 heavy (non-hydrogen) atoms. The highest BCUT2D eigenvalue weighted by molar-refractivity contribution is 5.24. The standard InChI is InChI=1S/C16H25N/c1-5-12-17-16(11-6-13(2)3)15-9-7-14(4)8-10-15/h7-10,16-17H,2,5-6,11-12H2,1,3-4H3. The van der Waals surface area contributed by atoms with Crippen molar-refractivity contribution < 1.29 is 0 Å². The summed E-state index contributed by atoms with van der Waals surface area (Å²) in [6.07, 6.45) is 3.41. The highest BCUT2D eigenvalue weighted by Gasteiger charge is 2.09. The van der Waals surface area contributed by atoms with Crippen molar-refractivity contribution in [3.05, 3.63) is 47.5 Å². The minimum Gasteiger partial charge on any atom is -0.310 e. The second-order valence-electron chi connectivity index (χ2n) is 4.91. The first-order chi connectivity index (χ1) is 8.13. The van der Waals surface area contributed by atoms with Crippen LogP contribution in [0, 0.1) is 6.92 Å². The van der Waals surface area contributed by atoms with E-state index >= 15 is 0 Å². The summed E-state index contributed by atoms with van der Waals surface area (Å²) >= 11 is 0. The van der Waals surface area contributed by atoms with E-state index in [0.29, 0.717) is 6.04 Å². The van der Waals surface area contributed by atoms with Crippen LogP contribution in [0.2, 0.25) is 0 Å². The maximum atomic E-state index is 3.99. The molecule has 0 saturated heterocycles. The number of benzene rings is 1. The van der Waals surface area contributed by atoms with E-state index in [4.69, 9.17) is 0 Å². The van der Waals surface area contributed by atoms with Gasteiger partial charge in [-0.15, -0.1) is 6.58 Å². The van der Waals surface area contributed by atoms with Gasteiger partial charge in [-0.2, -0.15) is 0 Å². The van der Waals surface area contributed by atoms with Gasteiger partial charge in [-0.1, -0.05) is 42.3 Å². The molecule has 1 rings (SSSR count). The molecule has 1 aromatic rings. The van der Waals surface area contributed by atoms with E-state index in [1.54, 1.807) is 0 Å². The van der Waals surface area contributed by atoms with Crippen molar-refractivity contribution in [2.75, 3.05) is 6.54 Å². The van der Waals surface area contributed by atoms with Crippen LogP contribution in [0.15, 0.2) is 36.4 Å². The van der Waals surface area contributed by atoms with E-state index in [0.717, 1.165) is 19.4 Å². The molecule has 1 N–H and O–H groups in total. The number of aryl methyl sites for hydroxylation is 1. The Hall–Kier alpha value is -1.08. The molecule has 1 heteroatoms. The van der Waals surface area contributed by atoms with Crippen LogP contribution in [0.5, 0.6) is 0 Å². The quantitative estimate of drug-likeness (QED) is 0.686. The highest BCUT2D eigenvalue weighted by Crippen LogP contribution is 2.20. The lowest BCUT2D eigenvalue weighted by atomic mass is 9.99. The molecule has 94 valence electrons. The Balaban J connectivity index is 2.67. The molecule has 1 aromatic carbocycles. The van der Waals surface area contributed by atoms with Crippen LogP contribution in [0.3, 0.4) is 0 Å². The maximum Gasteiger partial charge on any atom is 0.0323 e. The van der Waals surface area contributed by atoms with Crippen molar-refractivity contribution in [3.63, 3.8) is 0 Å². The van der Waals surface area contributed by atoms with Gasteiger partial charge in [0.1, 0.15) is 0 Å². The van der Waals surface area contributed by atoms with Gasteiger partial charge in [0.2, 0.25) is 0 Å². The van der Waals surface area contributed by atoms with Crippen LogP contribution in [0.4, 0.5) is 0 Å². The molecule has 0 aromatic heterocycles. The number of hydrogen-bond donors (Lipinski definition) is 1. The third-order valence-electron chi connectivity index (χ3n) is 2.98. The highest BCUT2D eigenvalue weighted by atomic mass is 14.9. The summed E-state index contributed by atoms with van der Waals surface area (Å²) in [7, 11) is 0. The Bertz CT molecular complexity index is 337. The summed E-state index contributed by atoms with van der Waals surface area (Å²) in [4.78, 5) is 0. The molecule has 1 atom stereocenters. The molecule has 0 spiro atoms. The van der Waals surface area contributed by atoms with Gasteiger partial charge >= 0.3 is 0 Å². The van der Waals surface area contributed by atoms with Gasteiger partial charge < -0.3 is 5.32 Å². The topological polar surface area (TPSA) is 12.0 Å². The molecule has 0 aliphatic carbocycles. The van der Waals surface area contributed by atoms with E-state index in [-0.39, 0.29) is 0 Å². The van der Waals surface area contributed by atoms with Crippen LogP contribution in [0.25, 0.3) is 0 Å². The lowest BCUT2D eigenvalue weighted by Gasteiger charge is -2.19. The molecule has 0 fully saturated rings. The van der Waals surface area contributed by atoms with Gasteiger partial charge in [0.25, 0.3) is 0 Å². The zero-order valence-electron chi connectivity index (χ0n) is 11.4. The zero-order chi connectivity index (χ0) is 12.7. The normalized spacial score (nSPS) is 12.4. The average Bonchev–Trinajstić information content (AvgIpc) is 2.30. The minimum atomic E-state index is 0.465. The SMILES string of the molecule is C=C(C)CCC(NCCC)c1ccc(C)cc1. The third kappa shape index (κ3) is 5.18. The molecule has 0 heterocycles. The smallest absolute Gasteiger partial charge is 0.0323 e. The fourth-order valence-electron chi connectivity index (χ4n) is 1.89. The molecule has 0 radical (unpaired) electrons. The van der Waals surface area contributed by atoms with Crippen LogP contribution >= 0.6 is 0 Å². The summed E-state index contributed by atoms with van der Waals surface area (Å²) in [5, 5.41) is 3.62. The number of hydrogen-bond acceptors (Lipinski definition) is 1. The van der Waals surface area contributed by atoms with Crippen molar-refractivity contribution in [2.45, 2.75) is 46.1 Å². The zero-order valence-corrected chi connectivity index (χ0v) is 11.4. The van der Waals surface area contributed by atoms with Crippen LogP contribution in [-0.2, 0) is 0 Å². The van der Waals surface area contributed by atoms with Crippen molar-refractivity contribution in [1.29, 1.82) is 0 Å². The summed E-state index contributed by atoms with van der Waals surface area (Å²) in [5.41, 5.74) is 3.98. The van der Waals surface area contributed by atoms with Crippen molar-refractivity contribution >= 4 is 0 Å². The minimum absolute atomic E-state index is 0.465. The van der Waals surface area contributed by atoms with E-state index < -0.39 is 0 Å². The fourth-order valence-corrected chi connectivity index (χ4v) is 1.89. The first-order valence-corrected chi connectivity index (χ1v) is 6.57. The average molecular weight is 231 g/mol. The van der Waals surface area contributed by atoms with Crippen molar-refractivity contribution in [1.82, 2.24) is 5.32 Å². The van der Waals surface area contributed by atoms with Crippen LogP contribution < -0.4 is 5.32 Å². The van der Waals surface area contributed by atoms with E-state index in [9.17, 15) is 0 Å². The summed E-state index contributed by atoms with van der Waals surface area (Å²) in [6, 6.07) is 9.32. The number of rotatable bonds is 7. The van der Waals surface area contributed by atoms with Gasteiger partial charge in [-0.05, 0) is 45.2 Å². The Morgan fingerprint density at radius 1 is 1.29 bits per heavy atom. The summed E-state index contributed by atoms with van der Waals surface area (Å²) < 4.78 is 0. The maximum absolute atomic E-state index is 3.99. The fraction of sp³-hybridized carbons (Fsp3) is 0.500. The van der Waals surface area contributed by atoms with Gasteiger partial charge in [-0.3, -0.25) is 0 Å². The molecule has 0 aliphatic heterocycles. The van der Waals surface area contributed by atoms with Gasteiger partial charge in [0, 0.05) is 6.04 Å². The second kappa shape index (κ2) is 7.29. The van der Waals surface area contributed by atoms with Crippen molar-refractivity contribution in [3.8, 4) is 0 Å². The lowest BCUT2D eigenvalue weighted by molar-refractivity contribution is 0.499. The number of allylic oxidation sites excluding steroid dienone is 1. The first kappa shape index (κ1) is 14.0. The van der Waals surface area contributed by atoms with Gasteiger partial charge in [0.15, 0.2) is 0 Å². The lowest BCUT2D eigenvalue weighted by Crippen LogP contribution is -2.22. The van der Waals surface area contributed by atoms with Gasteiger partial charge in [0.05, 0.1) is 0 Å². The number of nitrogens with one attached hydrogen (secondary N) is 1. The van der Waals surface area contributed by atoms with Crippen LogP contribution in [0.1, 0.15) is 50.3 Å². The monoisotopic (exact) mass is 231 g/mol. The predicted octanol–water partition coefficient (Wildman–Crippen LogP) is 4.39. The first-order valence-electron chi connectivity index (χ1n) is 6.57. The third-order valence-corrected chi connectivity index (χ3v) is 2.98. The molecule has 0 aliphatic rings. The van der Waals surface area contributed by atoms with Crippen LogP contribution in [-0.4, -0.2) is 6.54 Å². The van der Waals surface area contributed by atoms with E-state index in [2.05, 4.69) is 56.9 Å². The molecule has 1 unspecified atom stereocenters. The Labute approximate surface area is 106 Å². The Morgan fingerprint density at radius 3 is 2.47 bits per heavy atom. The molecule has 1 nitrogen and oxygen atoms in total. The summed E-state index contributed by atoms with van der Waals surface area (Å²) in [5.74, 6) is 0. The molecular formula is C16H25N. The van der Waals surface area contributed by atoms with Gasteiger partial charge in [-0.25, -0.2) is 0 Å². The second-order valence-corrected chi connectivity index (χ2v) is 4.91. The molecular weight excluding hydrogens is 206 g/mol. The summed E-state index contributed by atoms with van der Waals surface area (Å²) in [6.45, 7) is 11.5. The molecule has 0 saturated carbocycles. The van der Waals surface area contributed by atoms with E-state index in [1.807, 2.05) is 0 Å². The van der Waals surface area contributed by atoms with E-state index in [1.165, 1.54) is 23.1 Å². The molecule has 0 bridgehead atoms. The largest absolute Gasteiger partial charge is 0.310 e. The Morgan fingerprint density at radius 2 is 1.94 bits per heavy atom. The Kier molecular flexibility index (Phi) is 5.99. The van der Waals surface area contributed by atoms with Crippen molar-refractivity contribution in [2.24, 2.45) is 0 Å². The predicted molar refractivity (Wildman–Crippen MR) is 76.3 cm³/mol.